The number of pyridine rings is 1. The van der Waals surface area contributed by atoms with Crippen LogP contribution in [0.4, 0.5) is 0 Å². The molecule has 0 aromatic carbocycles. The zero-order chi connectivity index (χ0) is 10.4. The molecule has 1 aromatic heterocycles. The van der Waals surface area contributed by atoms with Gasteiger partial charge in [-0.1, -0.05) is 19.4 Å². The predicted molar refractivity (Wildman–Crippen MR) is 58.3 cm³/mol. The number of rotatable bonds is 5. The van der Waals surface area contributed by atoms with Gasteiger partial charge in [0, 0.05) is 25.4 Å². The molecule has 1 aromatic rings. The fourth-order valence-electron chi connectivity index (χ4n) is 1.31. The number of aromatic nitrogens is 1. The van der Waals surface area contributed by atoms with Gasteiger partial charge in [0.15, 0.2) is 0 Å². The van der Waals surface area contributed by atoms with E-state index in [1.165, 1.54) is 6.42 Å². The molecule has 0 aliphatic rings. The van der Waals surface area contributed by atoms with Crippen LogP contribution in [0.15, 0.2) is 23.1 Å². The van der Waals surface area contributed by atoms with Crippen LogP contribution < -0.4 is 10.9 Å². The van der Waals surface area contributed by atoms with Crippen molar-refractivity contribution in [1.29, 1.82) is 0 Å². The molecular weight excluding hydrogens is 176 g/mol. The van der Waals surface area contributed by atoms with E-state index < -0.39 is 0 Å². The van der Waals surface area contributed by atoms with Crippen molar-refractivity contribution in [3.05, 3.63) is 34.2 Å². The van der Waals surface area contributed by atoms with E-state index in [1.54, 1.807) is 17.8 Å². The molecule has 14 heavy (non-hydrogen) atoms. The van der Waals surface area contributed by atoms with Crippen molar-refractivity contribution in [2.75, 3.05) is 6.54 Å². The lowest BCUT2D eigenvalue weighted by atomic mass is 10.2. The number of hydrogen-bond acceptors (Lipinski definition) is 2. The lowest BCUT2D eigenvalue weighted by molar-refractivity contribution is 0.634. The minimum absolute atomic E-state index is 0.0940. The van der Waals surface area contributed by atoms with Gasteiger partial charge < -0.3 is 9.88 Å². The number of aryl methyl sites for hydroxylation is 1. The Morgan fingerprint density at radius 3 is 3.00 bits per heavy atom. The molecule has 1 heterocycles. The molecule has 0 unspecified atom stereocenters. The highest BCUT2D eigenvalue weighted by molar-refractivity contribution is 5.09. The van der Waals surface area contributed by atoms with Crippen molar-refractivity contribution >= 4 is 0 Å². The van der Waals surface area contributed by atoms with Gasteiger partial charge in [0.05, 0.1) is 0 Å². The largest absolute Gasteiger partial charge is 0.318 e. The topological polar surface area (TPSA) is 34.0 Å². The molecule has 0 spiro atoms. The van der Waals surface area contributed by atoms with Crippen molar-refractivity contribution in [3.8, 4) is 0 Å². The van der Waals surface area contributed by atoms with Crippen LogP contribution in [0.2, 0.25) is 0 Å². The van der Waals surface area contributed by atoms with Crippen LogP contribution in [0.5, 0.6) is 0 Å². The van der Waals surface area contributed by atoms with E-state index in [1.807, 2.05) is 12.1 Å². The highest BCUT2D eigenvalue weighted by Crippen LogP contribution is 1.91. The minimum Gasteiger partial charge on any atom is -0.318 e. The molecule has 0 saturated carbocycles. The highest BCUT2D eigenvalue weighted by Gasteiger charge is 1.98. The normalized spacial score (nSPS) is 10.4. The second-order valence-electron chi connectivity index (χ2n) is 3.48. The first-order valence-corrected chi connectivity index (χ1v) is 5.11. The summed E-state index contributed by atoms with van der Waals surface area (Å²) in [6, 6.07) is 3.78. The van der Waals surface area contributed by atoms with Crippen molar-refractivity contribution in [1.82, 2.24) is 9.88 Å². The summed E-state index contributed by atoms with van der Waals surface area (Å²) in [6.45, 7) is 3.81. The Kier molecular flexibility index (Phi) is 4.40. The zero-order valence-electron chi connectivity index (χ0n) is 8.92. The summed E-state index contributed by atoms with van der Waals surface area (Å²) in [5, 5.41) is 3.26. The molecule has 0 saturated heterocycles. The molecule has 3 nitrogen and oxygen atoms in total. The Morgan fingerprint density at radius 1 is 1.50 bits per heavy atom. The van der Waals surface area contributed by atoms with Gasteiger partial charge in [0.25, 0.3) is 5.56 Å². The number of unbranched alkanes of at least 4 members (excludes halogenated alkanes) is 1. The van der Waals surface area contributed by atoms with Gasteiger partial charge in [-0.25, -0.2) is 0 Å². The summed E-state index contributed by atoms with van der Waals surface area (Å²) in [6.07, 6.45) is 4.12. The predicted octanol–water partition coefficient (Wildman–Crippen LogP) is 1.27. The Bertz CT molecular complexity index is 330. The number of hydrogen-bond donors (Lipinski definition) is 1. The maximum absolute atomic E-state index is 11.6. The average molecular weight is 194 g/mol. The molecule has 0 bridgehead atoms. The number of nitrogens with one attached hydrogen (secondary N) is 1. The summed E-state index contributed by atoms with van der Waals surface area (Å²) in [5.74, 6) is 0. The van der Waals surface area contributed by atoms with Crippen LogP contribution in [0, 0.1) is 0 Å². The fraction of sp³-hybridized carbons (Fsp3) is 0.545. The van der Waals surface area contributed by atoms with E-state index in [2.05, 4.69) is 12.2 Å². The molecule has 1 N–H and O–H groups in total. The van der Waals surface area contributed by atoms with Gasteiger partial charge in [-0.05, 0) is 19.0 Å². The standard InChI is InChI=1S/C11H18N2O/c1-3-4-7-12-9-10-6-5-8-13(2)11(10)14/h5-6,8,12H,3-4,7,9H2,1-2H3. The molecule has 0 aliphatic carbocycles. The van der Waals surface area contributed by atoms with Gasteiger partial charge in [-0.2, -0.15) is 0 Å². The van der Waals surface area contributed by atoms with Crippen LogP contribution in [0.25, 0.3) is 0 Å². The Balaban J connectivity index is 2.51. The second kappa shape index (κ2) is 5.60. The molecule has 0 amide bonds. The fourth-order valence-corrected chi connectivity index (χ4v) is 1.31. The number of nitrogens with zero attached hydrogens (tertiary/aromatic N) is 1. The van der Waals surface area contributed by atoms with Crippen molar-refractivity contribution in [3.63, 3.8) is 0 Å². The first-order chi connectivity index (χ1) is 6.75. The van der Waals surface area contributed by atoms with Gasteiger partial charge in [-0.15, -0.1) is 0 Å². The highest BCUT2D eigenvalue weighted by atomic mass is 16.1. The van der Waals surface area contributed by atoms with E-state index in [4.69, 9.17) is 0 Å². The summed E-state index contributed by atoms with van der Waals surface area (Å²) in [7, 11) is 1.78. The lowest BCUT2D eigenvalue weighted by Gasteiger charge is -2.04. The molecule has 0 aliphatic heterocycles. The quantitative estimate of drug-likeness (QED) is 0.716. The van der Waals surface area contributed by atoms with E-state index in [-0.39, 0.29) is 5.56 Å². The molecule has 0 atom stereocenters. The zero-order valence-corrected chi connectivity index (χ0v) is 8.92. The van der Waals surface area contributed by atoms with Gasteiger partial charge in [0.1, 0.15) is 0 Å². The van der Waals surface area contributed by atoms with Crippen LogP contribution in [0.3, 0.4) is 0 Å². The van der Waals surface area contributed by atoms with Gasteiger partial charge in [0.2, 0.25) is 0 Å². The van der Waals surface area contributed by atoms with Gasteiger partial charge in [-0.3, -0.25) is 4.79 Å². The van der Waals surface area contributed by atoms with E-state index in [0.29, 0.717) is 6.54 Å². The van der Waals surface area contributed by atoms with Crippen LogP contribution in [-0.2, 0) is 13.6 Å². The van der Waals surface area contributed by atoms with Crippen LogP contribution >= 0.6 is 0 Å². The lowest BCUT2D eigenvalue weighted by Crippen LogP contribution is -2.25. The monoisotopic (exact) mass is 194 g/mol. The average Bonchev–Trinajstić information content (AvgIpc) is 2.19. The van der Waals surface area contributed by atoms with E-state index in [0.717, 1.165) is 18.5 Å². The summed E-state index contributed by atoms with van der Waals surface area (Å²) < 4.78 is 1.61. The summed E-state index contributed by atoms with van der Waals surface area (Å²) in [4.78, 5) is 11.6. The minimum atomic E-state index is 0.0940. The maximum atomic E-state index is 11.6. The maximum Gasteiger partial charge on any atom is 0.254 e. The van der Waals surface area contributed by atoms with Crippen molar-refractivity contribution in [2.45, 2.75) is 26.3 Å². The third-order valence-electron chi connectivity index (χ3n) is 2.22. The SMILES string of the molecule is CCCCNCc1cccn(C)c1=O. The van der Waals surface area contributed by atoms with Crippen LogP contribution in [0.1, 0.15) is 25.3 Å². The smallest absolute Gasteiger partial charge is 0.254 e. The summed E-state index contributed by atoms with van der Waals surface area (Å²) in [5.41, 5.74) is 0.933. The van der Waals surface area contributed by atoms with E-state index >= 15 is 0 Å². The Labute approximate surface area is 84.8 Å². The van der Waals surface area contributed by atoms with Crippen molar-refractivity contribution in [2.24, 2.45) is 7.05 Å². The summed E-state index contributed by atoms with van der Waals surface area (Å²) >= 11 is 0. The Morgan fingerprint density at radius 2 is 2.29 bits per heavy atom. The Hall–Kier alpha value is -1.09. The van der Waals surface area contributed by atoms with Crippen LogP contribution in [-0.4, -0.2) is 11.1 Å². The third-order valence-corrected chi connectivity index (χ3v) is 2.22. The first-order valence-electron chi connectivity index (χ1n) is 5.11. The van der Waals surface area contributed by atoms with Crippen molar-refractivity contribution < 1.29 is 0 Å². The molecule has 0 radical (unpaired) electrons. The third kappa shape index (κ3) is 3.00. The first kappa shape index (κ1) is 11.0. The molecular formula is C11H18N2O. The van der Waals surface area contributed by atoms with E-state index in [9.17, 15) is 4.79 Å². The van der Waals surface area contributed by atoms with Gasteiger partial charge >= 0.3 is 0 Å². The molecule has 78 valence electrons. The molecule has 1 rings (SSSR count). The molecule has 0 fully saturated rings. The molecule has 3 heteroatoms. The second-order valence-corrected chi connectivity index (χ2v) is 3.48.